The molecule has 0 bridgehead atoms. The molecule has 1 amide bonds. The van der Waals surface area contributed by atoms with Crippen LogP contribution in [-0.4, -0.2) is 10.9 Å². The third-order valence-corrected chi connectivity index (χ3v) is 4.48. The molecule has 2 N–H and O–H groups in total. The van der Waals surface area contributed by atoms with Crippen molar-refractivity contribution in [2.75, 3.05) is 5.32 Å². The molecule has 0 aliphatic rings. The summed E-state index contributed by atoms with van der Waals surface area (Å²) >= 11 is 5.09. The molecule has 1 aromatic carbocycles. The maximum atomic E-state index is 12.2. The summed E-state index contributed by atoms with van der Waals surface area (Å²) in [5.41, 5.74) is 2.36. The van der Waals surface area contributed by atoms with Gasteiger partial charge in [-0.15, -0.1) is 11.3 Å². The lowest BCUT2D eigenvalue weighted by atomic mass is 10.3. The summed E-state index contributed by atoms with van der Waals surface area (Å²) in [5.74, 6) is -0.132. The van der Waals surface area contributed by atoms with Gasteiger partial charge in [0.05, 0.1) is 15.9 Å². The van der Waals surface area contributed by atoms with Gasteiger partial charge in [-0.2, -0.15) is 0 Å². The standard InChI is InChI=1S/C14H11BrN2OS/c1-8-6-11-13(19-8)7-12(16-11)14(18)17-10-5-3-2-4-9(10)15/h2-7,16H,1H3,(H,17,18). The van der Waals surface area contributed by atoms with Crippen LogP contribution in [0.4, 0.5) is 5.69 Å². The van der Waals surface area contributed by atoms with Gasteiger partial charge in [0, 0.05) is 9.35 Å². The molecular formula is C14H11BrN2OS. The maximum absolute atomic E-state index is 12.2. The fourth-order valence-electron chi connectivity index (χ4n) is 1.92. The highest BCUT2D eigenvalue weighted by molar-refractivity contribution is 9.10. The van der Waals surface area contributed by atoms with Crippen molar-refractivity contribution in [3.63, 3.8) is 0 Å². The molecule has 2 aromatic heterocycles. The Hall–Kier alpha value is -1.59. The number of benzene rings is 1. The van der Waals surface area contributed by atoms with Gasteiger partial charge in [0.15, 0.2) is 0 Å². The third-order valence-electron chi connectivity index (χ3n) is 2.80. The molecule has 0 saturated carbocycles. The zero-order chi connectivity index (χ0) is 13.4. The number of aromatic amines is 1. The number of nitrogens with one attached hydrogen (secondary N) is 2. The summed E-state index contributed by atoms with van der Waals surface area (Å²) in [4.78, 5) is 16.5. The number of carbonyl (C=O) groups is 1. The Kier molecular flexibility index (Phi) is 3.16. The van der Waals surface area contributed by atoms with Crippen LogP contribution < -0.4 is 5.32 Å². The number of anilines is 1. The van der Waals surface area contributed by atoms with Crippen molar-refractivity contribution in [1.29, 1.82) is 0 Å². The molecule has 2 heterocycles. The molecule has 0 aliphatic carbocycles. The fraction of sp³-hybridized carbons (Fsp3) is 0.0714. The van der Waals surface area contributed by atoms with Gasteiger partial charge in [-0.05, 0) is 47.1 Å². The van der Waals surface area contributed by atoms with Crippen molar-refractivity contribution in [3.05, 3.63) is 51.4 Å². The molecule has 3 rings (SSSR count). The van der Waals surface area contributed by atoms with Crippen molar-refractivity contribution in [2.24, 2.45) is 0 Å². The van der Waals surface area contributed by atoms with E-state index in [0.717, 1.165) is 20.4 Å². The van der Waals surface area contributed by atoms with Crippen molar-refractivity contribution in [2.45, 2.75) is 6.92 Å². The maximum Gasteiger partial charge on any atom is 0.272 e. The van der Waals surface area contributed by atoms with Crippen LogP contribution in [0.2, 0.25) is 0 Å². The van der Waals surface area contributed by atoms with E-state index in [1.54, 1.807) is 11.3 Å². The van der Waals surface area contributed by atoms with E-state index in [1.807, 2.05) is 30.3 Å². The number of amides is 1. The van der Waals surface area contributed by atoms with Crippen molar-refractivity contribution in [1.82, 2.24) is 4.98 Å². The minimum Gasteiger partial charge on any atom is -0.350 e. The van der Waals surface area contributed by atoms with E-state index in [0.29, 0.717) is 5.69 Å². The molecule has 0 unspecified atom stereocenters. The molecule has 0 atom stereocenters. The molecule has 0 spiro atoms. The highest BCUT2D eigenvalue weighted by Crippen LogP contribution is 2.26. The van der Waals surface area contributed by atoms with E-state index >= 15 is 0 Å². The van der Waals surface area contributed by atoms with Gasteiger partial charge in [-0.3, -0.25) is 4.79 Å². The number of rotatable bonds is 2. The average Bonchev–Trinajstić information content (AvgIpc) is 2.89. The molecule has 19 heavy (non-hydrogen) atoms. The smallest absolute Gasteiger partial charge is 0.272 e. The van der Waals surface area contributed by atoms with Crippen LogP contribution in [0.1, 0.15) is 15.4 Å². The number of aromatic nitrogens is 1. The lowest BCUT2D eigenvalue weighted by Gasteiger charge is -2.05. The second-order valence-electron chi connectivity index (χ2n) is 4.25. The van der Waals surface area contributed by atoms with Crippen LogP contribution in [0.3, 0.4) is 0 Å². The Morgan fingerprint density at radius 1 is 1.32 bits per heavy atom. The molecular weight excluding hydrogens is 324 g/mol. The minimum absolute atomic E-state index is 0.132. The molecule has 5 heteroatoms. The average molecular weight is 335 g/mol. The predicted molar refractivity (Wildman–Crippen MR) is 83.0 cm³/mol. The fourth-order valence-corrected chi connectivity index (χ4v) is 3.23. The number of hydrogen-bond donors (Lipinski definition) is 2. The Morgan fingerprint density at radius 2 is 2.11 bits per heavy atom. The first-order valence-electron chi connectivity index (χ1n) is 5.78. The number of hydrogen-bond acceptors (Lipinski definition) is 2. The summed E-state index contributed by atoms with van der Waals surface area (Å²) in [6.45, 7) is 2.05. The van der Waals surface area contributed by atoms with Crippen LogP contribution in [0.15, 0.2) is 40.9 Å². The van der Waals surface area contributed by atoms with Gasteiger partial charge in [0.1, 0.15) is 5.69 Å². The molecule has 3 aromatic rings. The Bertz CT molecular complexity index is 728. The van der Waals surface area contributed by atoms with Crippen molar-refractivity contribution in [3.8, 4) is 0 Å². The lowest BCUT2D eigenvalue weighted by molar-refractivity contribution is 0.102. The van der Waals surface area contributed by atoms with Gasteiger partial charge in [-0.1, -0.05) is 12.1 Å². The Labute approximate surface area is 122 Å². The first kappa shape index (κ1) is 12.4. The molecule has 96 valence electrons. The van der Waals surface area contributed by atoms with Crippen LogP contribution >= 0.6 is 27.3 Å². The van der Waals surface area contributed by atoms with Crippen LogP contribution in [-0.2, 0) is 0 Å². The van der Waals surface area contributed by atoms with Crippen LogP contribution in [0.5, 0.6) is 0 Å². The molecule has 0 fully saturated rings. The first-order valence-corrected chi connectivity index (χ1v) is 7.39. The second-order valence-corrected chi connectivity index (χ2v) is 6.39. The van der Waals surface area contributed by atoms with E-state index < -0.39 is 0 Å². The number of H-pyrrole nitrogens is 1. The quantitative estimate of drug-likeness (QED) is 0.709. The topological polar surface area (TPSA) is 44.9 Å². The van der Waals surface area contributed by atoms with E-state index in [1.165, 1.54) is 4.88 Å². The van der Waals surface area contributed by atoms with Gasteiger partial charge in [-0.25, -0.2) is 0 Å². The SMILES string of the molecule is Cc1cc2[nH]c(C(=O)Nc3ccccc3Br)cc2s1. The van der Waals surface area contributed by atoms with Gasteiger partial charge < -0.3 is 10.3 Å². The normalized spacial score (nSPS) is 10.8. The number of halogens is 1. The summed E-state index contributed by atoms with van der Waals surface area (Å²) in [6, 6.07) is 11.5. The largest absolute Gasteiger partial charge is 0.350 e. The number of thiophene rings is 1. The van der Waals surface area contributed by atoms with Gasteiger partial charge in [0.2, 0.25) is 0 Å². The summed E-state index contributed by atoms with van der Waals surface area (Å²) in [6.07, 6.45) is 0. The Morgan fingerprint density at radius 3 is 2.84 bits per heavy atom. The Balaban J connectivity index is 1.87. The van der Waals surface area contributed by atoms with E-state index in [4.69, 9.17) is 0 Å². The second kappa shape index (κ2) is 4.83. The van der Waals surface area contributed by atoms with E-state index in [-0.39, 0.29) is 5.91 Å². The molecule has 0 radical (unpaired) electrons. The zero-order valence-electron chi connectivity index (χ0n) is 10.2. The minimum atomic E-state index is -0.132. The van der Waals surface area contributed by atoms with Gasteiger partial charge >= 0.3 is 0 Å². The first-order chi connectivity index (χ1) is 9.13. The van der Waals surface area contributed by atoms with E-state index in [9.17, 15) is 4.79 Å². The highest BCUT2D eigenvalue weighted by atomic mass is 79.9. The number of para-hydroxylation sites is 1. The van der Waals surface area contributed by atoms with Crippen LogP contribution in [0.25, 0.3) is 10.2 Å². The summed E-state index contributed by atoms with van der Waals surface area (Å²) < 4.78 is 1.97. The summed E-state index contributed by atoms with van der Waals surface area (Å²) in [7, 11) is 0. The molecule has 3 nitrogen and oxygen atoms in total. The van der Waals surface area contributed by atoms with E-state index in [2.05, 4.69) is 39.2 Å². The number of fused-ring (bicyclic) bond motifs is 1. The summed E-state index contributed by atoms with van der Waals surface area (Å²) in [5, 5.41) is 2.88. The van der Waals surface area contributed by atoms with Gasteiger partial charge in [0.25, 0.3) is 5.91 Å². The van der Waals surface area contributed by atoms with Crippen LogP contribution in [0, 0.1) is 6.92 Å². The number of aryl methyl sites for hydroxylation is 1. The highest BCUT2D eigenvalue weighted by Gasteiger charge is 2.12. The van der Waals surface area contributed by atoms with Crippen molar-refractivity contribution < 1.29 is 4.79 Å². The number of carbonyl (C=O) groups excluding carboxylic acids is 1. The monoisotopic (exact) mass is 334 g/mol. The zero-order valence-corrected chi connectivity index (χ0v) is 12.6. The lowest BCUT2D eigenvalue weighted by Crippen LogP contribution is -2.12. The third kappa shape index (κ3) is 2.43. The van der Waals surface area contributed by atoms with Crippen molar-refractivity contribution >= 4 is 49.1 Å². The predicted octanol–water partition coefficient (Wildman–Crippen LogP) is 4.55. The molecule has 0 saturated heterocycles. The molecule has 0 aliphatic heterocycles.